The number of aliphatic hydroxyl groups is 2. The first kappa shape index (κ1) is 30.8. The first-order valence-corrected chi connectivity index (χ1v) is 14.8. The van der Waals surface area contributed by atoms with E-state index in [1.807, 2.05) is 37.3 Å². The van der Waals surface area contributed by atoms with Crippen molar-refractivity contribution in [1.29, 1.82) is 0 Å². The van der Waals surface area contributed by atoms with Crippen LogP contribution in [0.4, 0.5) is 6.01 Å². The van der Waals surface area contributed by atoms with Crippen LogP contribution in [0, 0.1) is 0 Å². The lowest BCUT2D eigenvalue weighted by molar-refractivity contribution is -0.0238. The largest absolute Gasteiger partial charge is 0.430 e. The van der Waals surface area contributed by atoms with E-state index in [-0.39, 0.29) is 24.0 Å². The van der Waals surface area contributed by atoms with E-state index >= 15 is 0 Å². The van der Waals surface area contributed by atoms with Gasteiger partial charge in [-0.2, -0.15) is 4.98 Å². The van der Waals surface area contributed by atoms with Crippen LogP contribution >= 0.6 is 0 Å². The molecule has 216 valence electrons. The number of unbranched alkanes of at least 4 members (excludes halogenated alkanes) is 1. The van der Waals surface area contributed by atoms with Gasteiger partial charge in [-0.25, -0.2) is 12.7 Å². The summed E-state index contributed by atoms with van der Waals surface area (Å²) in [5, 5.41) is 28.1. The molecule has 3 rings (SSSR count). The van der Waals surface area contributed by atoms with E-state index in [1.54, 1.807) is 30.3 Å². The molecule has 4 N–H and O–H groups in total. The van der Waals surface area contributed by atoms with Gasteiger partial charge >= 0.3 is 6.01 Å². The molecule has 1 aromatic heterocycles. The molecule has 12 heteroatoms. The van der Waals surface area contributed by atoms with Crippen LogP contribution in [0.2, 0.25) is 0 Å². The molecule has 0 aliphatic heterocycles. The third-order valence-electron chi connectivity index (χ3n) is 6.50. The first-order valence-electron chi connectivity index (χ1n) is 13.0. The second kappa shape index (κ2) is 14.1. The molecule has 2 aromatic carbocycles. The molecule has 2 amide bonds. The summed E-state index contributed by atoms with van der Waals surface area (Å²) in [6.45, 7) is 1.98. The van der Waals surface area contributed by atoms with Gasteiger partial charge in [-0.1, -0.05) is 68.3 Å². The number of oxazole rings is 1. The number of rotatable bonds is 14. The highest BCUT2D eigenvalue weighted by Gasteiger charge is 2.35. The highest BCUT2D eigenvalue weighted by atomic mass is 32.2. The number of benzene rings is 2. The summed E-state index contributed by atoms with van der Waals surface area (Å²) in [5.74, 6) is -1.12. The van der Waals surface area contributed by atoms with Crippen molar-refractivity contribution in [2.45, 2.75) is 56.9 Å². The molecule has 4 atom stereocenters. The fraction of sp³-hybridized carbons (Fsp3) is 0.393. The van der Waals surface area contributed by atoms with Gasteiger partial charge in [-0.3, -0.25) is 9.59 Å². The topological polar surface area (TPSA) is 162 Å². The lowest BCUT2D eigenvalue weighted by Crippen LogP contribution is -2.56. The summed E-state index contributed by atoms with van der Waals surface area (Å²) in [4.78, 5) is 29.9. The van der Waals surface area contributed by atoms with Crippen LogP contribution in [0.15, 0.2) is 71.3 Å². The standard InChI is InChI=1S/C28H36N4O7S/c1-4-5-16-21(29-26(35)20-14-10-7-11-15-20)24(33)25(34)22(17-19-12-8-6-9-13-19)30-27(36)23-18-39-28(31-23)32(2)40(3,37)38/h6-15,18,21-22,24-25,33-34H,4-5,16-17H2,1-3H3,(H,29,35)(H,30,36). The van der Waals surface area contributed by atoms with E-state index in [9.17, 15) is 28.2 Å². The number of aromatic nitrogens is 1. The molecule has 40 heavy (non-hydrogen) atoms. The quantitative estimate of drug-likeness (QED) is 0.228. The van der Waals surface area contributed by atoms with Gasteiger partial charge in [-0.15, -0.1) is 0 Å². The molecule has 0 saturated heterocycles. The summed E-state index contributed by atoms with van der Waals surface area (Å²) >= 11 is 0. The lowest BCUT2D eigenvalue weighted by Gasteiger charge is -2.33. The number of nitrogens with one attached hydrogen (secondary N) is 2. The van der Waals surface area contributed by atoms with Gasteiger partial charge in [0.1, 0.15) is 18.5 Å². The zero-order valence-corrected chi connectivity index (χ0v) is 23.5. The molecule has 0 spiro atoms. The Labute approximate surface area is 234 Å². The van der Waals surface area contributed by atoms with E-state index in [2.05, 4.69) is 15.6 Å². The summed E-state index contributed by atoms with van der Waals surface area (Å²) in [6, 6.07) is 15.6. The van der Waals surface area contributed by atoms with E-state index in [0.717, 1.165) is 28.8 Å². The van der Waals surface area contributed by atoms with Crippen molar-refractivity contribution in [3.63, 3.8) is 0 Å². The molecule has 0 radical (unpaired) electrons. The van der Waals surface area contributed by atoms with Crippen LogP contribution in [-0.2, 0) is 16.4 Å². The first-order chi connectivity index (χ1) is 19.0. The van der Waals surface area contributed by atoms with Gasteiger partial charge in [0.15, 0.2) is 5.69 Å². The Morgan fingerprint density at radius 1 is 0.950 bits per heavy atom. The van der Waals surface area contributed by atoms with Crippen LogP contribution in [0.1, 0.15) is 52.6 Å². The number of hydrogen-bond donors (Lipinski definition) is 4. The Hall–Kier alpha value is -3.74. The van der Waals surface area contributed by atoms with E-state index < -0.39 is 40.2 Å². The predicted octanol–water partition coefficient (Wildman–Crippen LogP) is 2.12. The summed E-state index contributed by atoms with van der Waals surface area (Å²) in [5.41, 5.74) is 1.00. The Bertz CT molecular complexity index is 1350. The number of sulfonamides is 1. The number of carbonyl (C=O) groups is 2. The number of aliphatic hydroxyl groups excluding tert-OH is 2. The predicted molar refractivity (Wildman–Crippen MR) is 150 cm³/mol. The van der Waals surface area contributed by atoms with E-state index in [0.29, 0.717) is 18.4 Å². The average molecular weight is 573 g/mol. The van der Waals surface area contributed by atoms with Gasteiger partial charge < -0.3 is 25.3 Å². The average Bonchev–Trinajstić information content (AvgIpc) is 3.44. The third-order valence-corrected chi connectivity index (χ3v) is 7.65. The lowest BCUT2D eigenvalue weighted by atomic mass is 9.91. The smallest absolute Gasteiger partial charge is 0.311 e. The van der Waals surface area contributed by atoms with Gasteiger partial charge in [0, 0.05) is 12.6 Å². The fourth-order valence-electron chi connectivity index (χ4n) is 4.09. The molecule has 11 nitrogen and oxygen atoms in total. The maximum atomic E-state index is 13.1. The third kappa shape index (κ3) is 8.38. The van der Waals surface area contributed by atoms with Crippen molar-refractivity contribution in [3.8, 4) is 0 Å². The van der Waals surface area contributed by atoms with Crippen LogP contribution < -0.4 is 14.9 Å². The molecule has 0 fully saturated rings. The maximum Gasteiger partial charge on any atom is 0.311 e. The van der Waals surface area contributed by atoms with E-state index in [4.69, 9.17) is 4.42 Å². The zero-order valence-electron chi connectivity index (χ0n) is 22.7. The monoisotopic (exact) mass is 572 g/mol. The normalized spacial score (nSPS) is 14.5. The molecular weight excluding hydrogens is 536 g/mol. The van der Waals surface area contributed by atoms with E-state index in [1.165, 1.54) is 7.05 Å². The van der Waals surface area contributed by atoms with Gasteiger partial charge in [0.05, 0.1) is 18.3 Å². The minimum absolute atomic E-state index is 0.159. The summed E-state index contributed by atoms with van der Waals surface area (Å²) < 4.78 is 29.5. The molecule has 0 bridgehead atoms. The Balaban J connectivity index is 1.83. The Morgan fingerprint density at radius 3 is 2.12 bits per heavy atom. The van der Waals surface area contributed by atoms with Crippen molar-refractivity contribution >= 4 is 27.9 Å². The minimum atomic E-state index is -3.67. The van der Waals surface area contributed by atoms with Gasteiger partial charge in [0.25, 0.3) is 11.8 Å². The summed E-state index contributed by atoms with van der Waals surface area (Å²) in [6.07, 6.45) is 1.14. The molecule has 4 unspecified atom stereocenters. The van der Waals surface area contributed by atoms with Crippen molar-refractivity contribution in [2.75, 3.05) is 17.6 Å². The highest BCUT2D eigenvalue weighted by Crippen LogP contribution is 2.18. The number of hydrogen-bond acceptors (Lipinski definition) is 8. The second-order valence-corrected chi connectivity index (χ2v) is 11.6. The van der Waals surface area contributed by atoms with Crippen LogP contribution in [0.3, 0.4) is 0 Å². The molecule has 3 aromatic rings. The number of amides is 2. The van der Waals surface area contributed by atoms with Crippen molar-refractivity contribution < 1.29 is 32.6 Å². The maximum absolute atomic E-state index is 13.1. The van der Waals surface area contributed by atoms with Crippen LogP contribution in [0.5, 0.6) is 0 Å². The van der Waals surface area contributed by atoms with Gasteiger partial charge in [-0.05, 0) is 30.5 Å². The van der Waals surface area contributed by atoms with Crippen molar-refractivity contribution in [2.24, 2.45) is 0 Å². The SMILES string of the molecule is CCCCC(NC(=O)c1ccccc1)C(O)C(O)C(Cc1ccccc1)NC(=O)c1coc(N(C)S(C)(=O)=O)n1. The Morgan fingerprint density at radius 2 is 1.52 bits per heavy atom. The van der Waals surface area contributed by atoms with Crippen LogP contribution in [-0.4, -0.2) is 73.0 Å². The molecule has 0 aliphatic rings. The van der Waals surface area contributed by atoms with Crippen LogP contribution in [0.25, 0.3) is 0 Å². The number of nitrogens with zero attached hydrogens (tertiary/aromatic N) is 2. The summed E-state index contributed by atoms with van der Waals surface area (Å²) in [7, 11) is -2.43. The minimum Gasteiger partial charge on any atom is -0.430 e. The molecule has 0 saturated carbocycles. The second-order valence-electron chi connectivity index (χ2n) is 9.58. The number of anilines is 1. The zero-order chi connectivity index (χ0) is 29.3. The van der Waals surface area contributed by atoms with Crippen molar-refractivity contribution in [1.82, 2.24) is 15.6 Å². The molecule has 0 aliphatic carbocycles. The number of carbonyl (C=O) groups excluding carboxylic acids is 2. The highest BCUT2D eigenvalue weighted by molar-refractivity contribution is 7.92. The van der Waals surface area contributed by atoms with Crippen molar-refractivity contribution in [3.05, 3.63) is 83.7 Å². The van der Waals surface area contributed by atoms with Gasteiger partial charge in [0.2, 0.25) is 10.0 Å². The fourth-order valence-corrected chi connectivity index (χ4v) is 4.46. The molecule has 1 heterocycles. The Kier molecular flexibility index (Phi) is 10.8. The molecular formula is C28H36N4O7S.